The molecule has 10 rings (SSSR count). The summed E-state index contributed by atoms with van der Waals surface area (Å²) >= 11 is 1.84. The highest BCUT2D eigenvalue weighted by atomic mass is 32.1. The van der Waals surface area contributed by atoms with E-state index in [0.29, 0.717) is 5.56 Å². The Morgan fingerprint density at radius 2 is 1.34 bits per heavy atom. The van der Waals surface area contributed by atoms with Crippen molar-refractivity contribution in [2.75, 3.05) is 0 Å². The van der Waals surface area contributed by atoms with E-state index < -0.39 is 0 Å². The minimum Gasteiger partial charge on any atom is -0.207 e. The van der Waals surface area contributed by atoms with Gasteiger partial charge in [0.1, 0.15) is 5.82 Å². The molecule has 0 saturated carbocycles. The van der Waals surface area contributed by atoms with Crippen molar-refractivity contribution < 1.29 is 4.39 Å². The summed E-state index contributed by atoms with van der Waals surface area (Å²) < 4.78 is 18.4. The lowest BCUT2D eigenvalue weighted by molar-refractivity contribution is 0.552. The number of aryl methyl sites for hydroxylation is 2. The average Bonchev–Trinajstić information content (AvgIpc) is 3.79. The standard InChI is InChI=1S/C59H50FNS/c1-37-20-26-41(27-21-37)51(32-39-22-24-40(36-61)25-23-39)38(2)42-30-31-49-52(34-42)59(3,4)53-35-44(46-13-5-6-15-48(46)58(49)53)29-28-43(47-14-7-9-17-54(47)60)33-45-12-11-19-56-57(45)50-16-8-10-18-55(50)62-56/h5-27,30-31,34-35,38,43,51H,28-29,32-33H2,1-4H3. The molecule has 304 valence electrons. The second-order valence-electron chi connectivity index (χ2n) is 18.1. The molecule has 3 heteroatoms. The Morgan fingerprint density at radius 1 is 0.645 bits per heavy atom. The van der Waals surface area contributed by atoms with Gasteiger partial charge in [-0.15, -0.1) is 11.3 Å². The first-order valence-electron chi connectivity index (χ1n) is 22.1. The van der Waals surface area contributed by atoms with E-state index in [0.717, 1.165) is 31.2 Å². The average molecular weight is 824 g/mol. The summed E-state index contributed by atoms with van der Waals surface area (Å²) in [6.45, 7) is 9.32. The first kappa shape index (κ1) is 39.8. The summed E-state index contributed by atoms with van der Waals surface area (Å²) in [6, 6.07) is 60.8. The third kappa shape index (κ3) is 7.11. The highest BCUT2D eigenvalue weighted by Crippen LogP contribution is 2.53. The van der Waals surface area contributed by atoms with Crippen molar-refractivity contribution in [3.8, 4) is 17.2 Å². The summed E-state index contributed by atoms with van der Waals surface area (Å²) in [5.74, 6) is 0.390. The van der Waals surface area contributed by atoms with Gasteiger partial charge in [0.05, 0.1) is 11.6 Å². The number of fused-ring (bicyclic) bond motifs is 8. The van der Waals surface area contributed by atoms with Crippen LogP contribution in [-0.2, 0) is 24.7 Å². The van der Waals surface area contributed by atoms with Crippen molar-refractivity contribution in [3.05, 3.63) is 225 Å². The number of hydrogen-bond donors (Lipinski definition) is 0. The van der Waals surface area contributed by atoms with Crippen LogP contribution < -0.4 is 0 Å². The van der Waals surface area contributed by atoms with Crippen LogP contribution in [0.4, 0.5) is 4.39 Å². The van der Waals surface area contributed by atoms with Gasteiger partial charge in [-0.1, -0.05) is 160 Å². The molecular formula is C59H50FNS. The molecule has 8 aromatic carbocycles. The van der Waals surface area contributed by atoms with E-state index in [2.05, 4.69) is 161 Å². The number of nitriles is 1. The summed E-state index contributed by atoms with van der Waals surface area (Å²) in [7, 11) is 0. The fourth-order valence-corrected chi connectivity index (χ4v) is 11.7. The largest absolute Gasteiger partial charge is 0.207 e. The molecule has 0 spiro atoms. The van der Waals surface area contributed by atoms with E-state index in [9.17, 15) is 5.26 Å². The number of nitrogens with zero attached hydrogens (tertiary/aromatic N) is 1. The zero-order valence-electron chi connectivity index (χ0n) is 35.9. The molecule has 9 aromatic rings. The fraction of sp³-hybridized carbons (Fsp3) is 0.203. The van der Waals surface area contributed by atoms with Gasteiger partial charge >= 0.3 is 0 Å². The van der Waals surface area contributed by atoms with Gasteiger partial charge in [0.25, 0.3) is 0 Å². The first-order chi connectivity index (χ1) is 30.2. The van der Waals surface area contributed by atoms with Crippen molar-refractivity contribution in [3.63, 3.8) is 0 Å². The molecule has 0 saturated heterocycles. The second kappa shape index (κ2) is 16.2. The van der Waals surface area contributed by atoms with Crippen LogP contribution in [0.25, 0.3) is 42.1 Å². The summed E-state index contributed by atoms with van der Waals surface area (Å²) in [5, 5.41) is 14.6. The minimum atomic E-state index is -0.216. The molecule has 1 aliphatic rings. The van der Waals surface area contributed by atoms with Gasteiger partial charge in [0, 0.05) is 25.6 Å². The van der Waals surface area contributed by atoms with Gasteiger partial charge in [-0.3, -0.25) is 0 Å². The van der Waals surface area contributed by atoms with Crippen LogP contribution in [0.1, 0.15) is 101 Å². The monoisotopic (exact) mass is 823 g/mol. The fourth-order valence-electron chi connectivity index (χ4n) is 10.6. The van der Waals surface area contributed by atoms with Crippen molar-refractivity contribution >= 4 is 42.3 Å². The van der Waals surface area contributed by atoms with Crippen LogP contribution in [0.2, 0.25) is 0 Å². The molecular weight excluding hydrogens is 774 g/mol. The van der Waals surface area contributed by atoms with Gasteiger partial charge in [0.2, 0.25) is 0 Å². The zero-order chi connectivity index (χ0) is 42.5. The Hall–Kier alpha value is -6.34. The van der Waals surface area contributed by atoms with Crippen LogP contribution in [0.3, 0.4) is 0 Å². The molecule has 1 heterocycles. The highest BCUT2D eigenvalue weighted by molar-refractivity contribution is 7.25. The predicted molar refractivity (Wildman–Crippen MR) is 259 cm³/mol. The Labute approximate surface area is 369 Å². The van der Waals surface area contributed by atoms with E-state index in [4.69, 9.17) is 0 Å². The van der Waals surface area contributed by atoms with Crippen molar-refractivity contribution in [2.45, 2.75) is 76.5 Å². The molecule has 1 nitrogen and oxygen atoms in total. The van der Waals surface area contributed by atoms with Crippen LogP contribution in [-0.4, -0.2) is 0 Å². The van der Waals surface area contributed by atoms with Crippen molar-refractivity contribution in [1.82, 2.24) is 0 Å². The predicted octanol–water partition coefficient (Wildman–Crippen LogP) is 15.9. The van der Waals surface area contributed by atoms with Gasteiger partial charge in [0.15, 0.2) is 0 Å². The summed E-state index contributed by atoms with van der Waals surface area (Å²) in [4.78, 5) is 0. The molecule has 0 amide bonds. The van der Waals surface area contributed by atoms with Gasteiger partial charge in [-0.25, -0.2) is 4.39 Å². The third-order valence-electron chi connectivity index (χ3n) is 14.0. The number of benzene rings is 8. The Bertz CT molecular complexity index is 3160. The van der Waals surface area contributed by atoms with Gasteiger partial charge in [-0.05, 0) is 147 Å². The maximum absolute atomic E-state index is 15.8. The van der Waals surface area contributed by atoms with E-state index >= 15 is 4.39 Å². The number of hydrogen-bond acceptors (Lipinski definition) is 2. The third-order valence-corrected chi connectivity index (χ3v) is 15.2. The topological polar surface area (TPSA) is 23.8 Å². The maximum Gasteiger partial charge on any atom is 0.126 e. The Morgan fingerprint density at radius 3 is 2.11 bits per heavy atom. The molecule has 0 N–H and O–H groups in total. The highest BCUT2D eigenvalue weighted by Gasteiger charge is 2.38. The lowest BCUT2D eigenvalue weighted by Crippen LogP contribution is -2.17. The van der Waals surface area contributed by atoms with Crippen LogP contribution in [0, 0.1) is 24.1 Å². The lowest BCUT2D eigenvalue weighted by Gasteiger charge is -2.28. The van der Waals surface area contributed by atoms with Crippen LogP contribution >= 0.6 is 11.3 Å². The van der Waals surface area contributed by atoms with Gasteiger partial charge in [-0.2, -0.15) is 5.26 Å². The molecule has 1 aromatic heterocycles. The molecule has 0 fully saturated rings. The van der Waals surface area contributed by atoms with Crippen molar-refractivity contribution in [1.29, 1.82) is 5.26 Å². The Kier molecular flexibility index (Phi) is 10.4. The SMILES string of the molecule is Cc1ccc(C(Cc2ccc(C#N)cc2)C(C)c2ccc3c(c2)C(C)(C)c2cc(CCC(Cc4cccc5sc6ccccc6c45)c4ccccc4F)c4ccccc4c2-3)cc1. The molecule has 3 atom stereocenters. The van der Waals surface area contributed by atoms with Crippen molar-refractivity contribution in [2.24, 2.45) is 0 Å². The number of thiophene rings is 1. The lowest BCUT2D eigenvalue weighted by atomic mass is 9.76. The summed E-state index contributed by atoms with van der Waals surface area (Å²) in [6.07, 6.45) is 3.33. The van der Waals surface area contributed by atoms with Crippen LogP contribution in [0.5, 0.6) is 0 Å². The van der Waals surface area contributed by atoms with Gasteiger partial charge < -0.3 is 0 Å². The van der Waals surface area contributed by atoms with E-state index in [1.54, 1.807) is 12.1 Å². The molecule has 0 bridgehead atoms. The molecule has 1 aliphatic carbocycles. The smallest absolute Gasteiger partial charge is 0.126 e. The quantitative estimate of drug-likeness (QED) is 0.127. The first-order valence-corrected chi connectivity index (χ1v) is 22.9. The number of halogens is 1. The number of rotatable bonds is 11. The molecule has 0 radical (unpaired) electrons. The molecule has 0 aliphatic heterocycles. The van der Waals surface area contributed by atoms with E-state index in [1.807, 2.05) is 35.6 Å². The van der Waals surface area contributed by atoms with E-state index in [-0.39, 0.29) is 29.0 Å². The molecule has 3 unspecified atom stereocenters. The zero-order valence-corrected chi connectivity index (χ0v) is 36.7. The van der Waals surface area contributed by atoms with Crippen LogP contribution in [0.15, 0.2) is 164 Å². The maximum atomic E-state index is 15.8. The normalized spacial score (nSPS) is 14.4. The second-order valence-corrected chi connectivity index (χ2v) is 19.2. The van der Waals surface area contributed by atoms with E-state index in [1.165, 1.54) is 86.6 Å². The Balaban J connectivity index is 1.00. The summed E-state index contributed by atoms with van der Waals surface area (Å²) in [5.41, 5.74) is 14.5. The molecule has 62 heavy (non-hydrogen) atoms. The minimum absolute atomic E-state index is 0.00693.